The Hall–Kier alpha value is -1.71. The van der Waals surface area contributed by atoms with Gasteiger partial charge in [-0.25, -0.2) is 0 Å². The van der Waals surface area contributed by atoms with Gasteiger partial charge in [0.2, 0.25) is 0 Å². The van der Waals surface area contributed by atoms with Crippen LogP contribution in [0.2, 0.25) is 5.02 Å². The lowest BCUT2D eigenvalue weighted by molar-refractivity contribution is 0.0934. The molecule has 0 spiro atoms. The zero-order valence-electron chi connectivity index (χ0n) is 11.6. The molecule has 3 N–H and O–H groups in total. The van der Waals surface area contributed by atoms with Crippen molar-refractivity contribution in [3.63, 3.8) is 0 Å². The van der Waals surface area contributed by atoms with E-state index in [1.807, 2.05) is 12.1 Å². The fourth-order valence-corrected chi connectivity index (χ4v) is 2.67. The number of hydrogen-bond donors (Lipinski definition) is 3. The van der Waals surface area contributed by atoms with Crippen molar-refractivity contribution in [1.82, 2.24) is 16.2 Å². The number of rotatable bonds is 2. The molecule has 2 aromatic carbocycles. The molecule has 0 aliphatic heterocycles. The van der Waals surface area contributed by atoms with Gasteiger partial charge in [0, 0.05) is 3.57 Å². The maximum absolute atomic E-state index is 12.1. The van der Waals surface area contributed by atoms with Gasteiger partial charge in [0.25, 0.3) is 11.8 Å². The summed E-state index contributed by atoms with van der Waals surface area (Å²) in [5.41, 5.74) is 5.64. The van der Waals surface area contributed by atoms with Crippen molar-refractivity contribution >= 4 is 63.3 Å². The molecule has 0 unspecified atom stereocenters. The Labute approximate surface area is 156 Å². The molecule has 0 aromatic heterocycles. The lowest BCUT2D eigenvalue weighted by Crippen LogP contribution is -2.48. The van der Waals surface area contributed by atoms with Crippen LogP contribution in [-0.4, -0.2) is 16.9 Å². The maximum atomic E-state index is 12.1. The number of amides is 2. The second-order valence-corrected chi connectivity index (χ2v) is 6.30. The first kappa shape index (κ1) is 17.6. The van der Waals surface area contributed by atoms with Crippen molar-refractivity contribution < 1.29 is 9.59 Å². The summed E-state index contributed by atoms with van der Waals surface area (Å²) in [6.07, 6.45) is 0. The first-order valence-electron chi connectivity index (χ1n) is 6.40. The van der Waals surface area contributed by atoms with E-state index in [4.69, 9.17) is 23.8 Å². The van der Waals surface area contributed by atoms with Gasteiger partial charge in [0.1, 0.15) is 0 Å². The number of carbonyl (C=O) groups excluding carboxylic acids is 2. The lowest BCUT2D eigenvalue weighted by atomic mass is 10.2. The summed E-state index contributed by atoms with van der Waals surface area (Å²) < 4.78 is 0.797. The predicted molar refractivity (Wildman–Crippen MR) is 101 cm³/mol. The number of benzene rings is 2. The maximum Gasteiger partial charge on any atom is 0.271 e. The van der Waals surface area contributed by atoms with E-state index in [0.29, 0.717) is 16.1 Å². The second kappa shape index (κ2) is 8.23. The monoisotopic (exact) mass is 459 g/mol. The Balaban J connectivity index is 1.91. The van der Waals surface area contributed by atoms with Crippen LogP contribution in [0, 0.1) is 3.57 Å². The molecule has 5 nitrogen and oxygen atoms in total. The van der Waals surface area contributed by atoms with E-state index in [1.54, 1.807) is 36.4 Å². The Morgan fingerprint density at radius 1 is 0.913 bits per heavy atom. The van der Waals surface area contributed by atoms with Crippen LogP contribution in [0.15, 0.2) is 48.5 Å². The molecule has 0 saturated heterocycles. The van der Waals surface area contributed by atoms with Crippen LogP contribution in [0.3, 0.4) is 0 Å². The molecule has 8 heteroatoms. The molecule has 2 rings (SSSR count). The molecule has 23 heavy (non-hydrogen) atoms. The van der Waals surface area contributed by atoms with Crippen LogP contribution in [0.4, 0.5) is 0 Å². The largest absolute Gasteiger partial charge is 0.298 e. The fourth-order valence-electron chi connectivity index (χ4n) is 1.67. The van der Waals surface area contributed by atoms with Crippen molar-refractivity contribution in [2.75, 3.05) is 0 Å². The molecular weight excluding hydrogens is 449 g/mol. The van der Waals surface area contributed by atoms with Gasteiger partial charge in [-0.1, -0.05) is 35.9 Å². The number of halogens is 2. The summed E-state index contributed by atoms with van der Waals surface area (Å²) >= 11 is 13.0. The van der Waals surface area contributed by atoms with Crippen LogP contribution in [0.25, 0.3) is 0 Å². The predicted octanol–water partition coefficient (Wildman–Crippen LogP) is 2.89. The Morgan fingerprint density at radius 2 is 1.52 bits per heavy atom. The number of carbonyl (C=O) groups is 2. The van der Waals surface area contributed by atoms with Gasteiger partial charge in [-0.05, 0) is 59.1 Å². The third kappa shape index (κ3) is 4.88. The van der Waals surface area contributed by atoms with E-state index in [9.17, 15) is 9.59 Å². The fraction of sp³-hybridized carbons (Fsp3) is 0. The second-order valence-electron chi connectivity index (χ2n) is 4.32. The van der Waals surface area contributed by atoms with Crippen molar-refractivity contribution in [3.05, 3.63) is 68.3 Å². The minimum Gasteiger partial charge on any atom is -0.298 e. The smallest absolute Gasteiger partial charge is 0.271 e. The van der Waals surface area contributed by atoms with Gasteiger partial charge in [0.15, 0.2) is 5.11 Å². The van der Waals surface area contributed by atoms with Crippen LogP contribution in [-0.2, 0) is 0 Å². The highest BCUT2D eigenvalue weighted by atomic mass is 127. The van der Waals surface area contributed by atoms with Crippen LogP contribution >= 0.6 is 46.4 Å². The molecule has 0 atom stereocenters. The third-order valence-electron chi connectivity index (χ3n) is 2.75. The summed E-state index contributed by atoms with van der Waals surface area (Å²) in [4.78, 5) is 24.0. The summed E-state index contributed by atoms with van der Waals surface area (Å²) in [5, 5.41) is 2.79. The standard InChI is InChI=1S/C15H11ClIN3O2S/c16-11-7-3-1-5-9(11)14(22)19-20-15(23)18-13(21)10-6-2-4-8-12(10)17/h1-8H,(H,19,22)(H2,18,20,21,23). The summed E-state index contributed by atoms with van der Waals surface area (Å²) in [7, 11) is 0. The quantitative estimate of drug-likeness (QED) is 0.367. The van der Waals surface area contributed by atoms with Crippen LogP contribution < -0.4 is 16.2 Å². The minimum atomic E-state index is -0.457. The molecular formula is C15H11ClIN3O2S. The molecule has 2 amide bonds. The molecule has 0 aliphatic rings. The van der Waals surface area contributed by atoms with Gasteiger partial charge in [-0.2, -0.15) is 0 Å². The Bertz CT molecular complexity index is 770. The van der Waals surface area contributed by atoms with E-state index in [0.717, 1.165) is 3.57 Å². The first-order valence-corrected chi connectivity index (χ1v) is 8.26. The van der Waals surface area contributed by atoms with Crippen LogP contribution in [0.1, 0.15) is 20.7 Å². The zero-order valence-corrected chi connectivity index (χ0v) is 15.3. The number of nitrogens with one attached hydrogen (secondary N) is 3. The van der Waals surface area contributed by atoms with Crippen molar-refractivity contribution in [3.8, 4) is 0 Å². The van der Waals surface area contributed by atoms with E-state index in [2.05, 4.69) is 38.8 Å². The average molecular weight is 460 g/mol. The van der Waals surface area contributed by atoms with Gasteiger partial charge >= 0.3 is 0 Å². The third-order valence-corrected chi connectivity index (χ3v) is 4.23. The highest BCUT2D eigenvalue weighted by Gasteiger charge is 2.12. The molecule has 0 aliphatic carbocycles. The van der Waals surface area contributed by atoms with Crippen molar-refractivity contribution in [2.24, 2.45) is 0 Å². The Kier molecular flexibility index (Phi) is 6.31. The Morgan fingerprint density at radius 3 is 2.17 bits per heavy atom. The number of thiocarbonyl (C=S) groups is 1. The van der Waals surface area contributed by atoms with E-state index >= 15 is 0 Å². The van der Waals surface area contributed by atoms with Crippen molar-refractivity contribution in [2.45, 2.75) is 0 Å². The molecule has 0 heterocycles. The normalized spacial score (nSPS) is 9.83. The van der Waals surface area contributed by atoms with Gasteiger partial charge in [0.05, 0.1) is 16.1 Å². The lowest BCUT2D eigenvalue weighted by Gasteiger charge is -2.12. The topological polar surface area (TPSA) is 70.2 Å². The molecule has 0 saturated carbocycles. The highest BCUT2D eigenvalue weighted by molar-refractivity contribution is 14.1. The molecule has 0 fully saturated rings. The average Bonchev–Trinajstić information content (AvgIpc) is 2.53. The SMILES string of the molecule is O=C(NNC(=S)NC(=O)c1ccccc1I)c1ccccc1Cl. The zero-order chi connectivity index (χ0) is 16.8. The number of hydrogen-bond acceptors (Lipinski definition) is 3. The summed E-state index contributed by atoms with van der Waals surface area (Å²) in [5.74, 6) is -0.819. The summed E-state index contributed by atoms with van der Waals surface area (Å²) in [6, 6.07) is 13.7. The highest BCUT2D eigenvalue weighted by Crippen LogP contribution is 2.14. The summed E-state index contributed by atoms with van der Waals surface area (Å²) in [6.45, 7) is 0. The molecule has 0 bridgehead atoms. The van der Waals surface area contributed by atoms with Gasteiger partial charge in [-0.15, -0.1) is 0 Å². The molecule has 0 radical (unpaired) electrons. The van der Waals surface area contributed by atoms with E-state index < -0.39 is 5.91 Å². The van der Waals surface area contributed by atoms with Crippen molar-refractivity contribution in [1.29, 1.82) is 0 Å². The first-order chi connectivity index (χ1) is 11.0. The van der Waals surface area contributed by atoms with E-state index in [1.165, 1.54) is 0 Å². The van der Waals surface area contributed by atoms with Crippen LogP contribution in [0.5, 0.6) is 0 Å². The number of hydrazine groups is 1. The molecule has 118 valence electrons. The minimum absolute atomic E-state index is 0.0185. The van der Waals surface area contributed by atoms with Gasteiger partial charge < -0.3 is 0 Å². The molecule has 2 aromatic rings. The van der Waals surface area contributed by atoms with E-state index in [-0.39, 0.29) is 11.0 Å². The van der Waals surface area contributed by atoms with Gasteiger partial charge in [-0.3, -0.25) is 25.8 Å².